The Hall–Kier alpha value is -1.51. The molecule has 1 aliphatic heterocycles. The maximum absolute atomic E-state index is 5.25. The van der Waals surface area contributed by atoms with Crippen molar-refractivity contribution in [2.75, 3.05) is 13.7 Å². The monoisotopic (exact) mass is 231 g/mol. The molecule has 2 atom stereocenters. The largest absolute Gasteiger partial charge is 0.497 e. The summed E-state index contributed by atoms with van der Waals surface area (Å²) in [5, 5.41) is 4.24. The fourth-order valence-electron chi connectivity index (χ4n) is 2.83. The highest BCUT2D eigenvalue weighted by Gasteiger charge is 2.34. The number of hydrogen-bond acceptors (Lipinski definition) is 3. The highest BCUT2D eigenvalue weighted by Crippen LogP contribution is 2.37. The molecule has 3 rings (SSSR count). The van der Waals surface area contributed by atoms with E-state index in [2.05, 4.69) is 17.3 Å². The molecule has 2 aliphatic rings. The van der Waals surface area contributed by atoms with Crippen molar-refractivity contribution in [1.29, 1.82) is 0 Å². The van der Waals surface area contributed by atoms with Gasteiger partial charge in [-0.25, -0.2) is 0 Å². The van der Waals surface area contributed by atoms with Gasteiger partial charge >= 0.3 is 0 Å². The summed E-state index contributed by atoms with van der Waals surface area (Å²) in [6, 6.07) is 8.34. The van der Waals surface area contributed by atoms with Crippen LogP contribution in [0.5, 0.6) is 5.75 Å². The normalized spacial score (nSPS) is 27.0. The number of hydrogen-bond donors (Lipinski definition) is 0. The summed E-state index contributed by atoms with van der Waals surface area (Å²) in [4.78, 5) is 5.25. The van der Waals surface area contributed by atoms with Crippen molar-refractivity contribution in [3.8, 4) is 5.75 Å². The van der Waals surface area contributed by atoms with Gasteiger partial charge in [-0.05, 0) is 30.5 Å². The molecule has 0 bridgehead atoms. The first-order valence-corrected chi connectivity index (χ1v) is 6.22. The van der Waals surface area contributed by atoms with Crippen molar-refractivity contribution in [3.63, 3.8) is 0 Å². The van der Waals surface area contributed by atoms with E-state index in [-0.39, 0.29) is 0 Å². The summed E-state index contributed by atoms with van der Waals surface area (Å²) in [7, 11) is 1.69. The fraction of sp³-hybridized carbons (Fsp3) is 0.500. The maximum atomic E-state index is 5.25. The Kier molecular flexibility index (Phi) is 2.75. The minimum atomic E-state index is 0.446. The van der Waals surface area contributed by atoms with Gasteiger partial charge in [-0.2, -0.15) is 0 Å². The molecule has 0 saturated heterocycles. The van der Waals surface area contributed by atoms with Gasteiger partial charge in [0.15, 0.2) is 0 Å². The average molecular weight is 231 g/mol. The Labute approximate surface area is 101 Å². The standard InChI is InChI=1S/C14H17NO2/c1-16-12-7-5-10(6-8-12)13-4-2-3-11-9-17-15-14(11)13/h5-8,11,13H,2-4,9H2,1H3/t11-,13+/m0/s1. The van der Waals surface area contributed by atoms with E-state index in [4.69, 9.17) is 9.57 Å². The zero-order valence-corrected chi connectivity index (χ0v) is 10.1. The third kappa shape index (κ3) is 1.90. The van der Waals surface area contributed by atoms with Crippen LogP contribution < -0.4 is 4.74 Å². The minimum Gasteiger partial charge on any atom is -0.497 e. The average Bonchev–Trinajstić information content (AvgIpc) is 2.87. The van der Waals surface area contributed by atoms with Gasteiger partial charge in [-0.15, -0.1) is 0 Å². The quantitative estimate of drug-likeness (QED) is 0.783. The molecule has 3 heteroatoms. The van der Waals surface area contributed by atoms with Crippen LogP contribution in [0, 0.1) is 5.92 Å². The highest BCUT2D eigenvalue weighted by atomic mass is 16.6. The Morgan fingerprint density at radius 2 is 2.06 bits per heavy atom. The van der Waals surface area contributed by atoms with E-state index in [1.54, 1.807) is 7.11 Å². The van der Waals surface area contributed by atoms with Gasteiger partial charge in [-0.1, -0.05) is 23.7 Å². The molecular weight excluding hydrogens is 214 g/mol. The number of fused-ring (bicyclic) bond motifs is 1. The molecule has 0 radical (unpaired) electrons. The Balaban J connectivity index is 1.86. The first-order chi connectivity index (χ1) is 8.38. The van der Waals surface area contributed by atoms with E-state index in [0.29, 0.717) is 11.8 Å². The van der Waals surface area contributed by atoms with E-state index in [9.17, 15) is 0 Å². The molecule has 90 valence electrons. The molecule has 0 aromatic heterocycles. The first kappa shape index (κ1) is 10.6. The lowest BCUT2D eigenvalue weighted by Gasteiger charge is -2.26. The van der Waals surface area contributed by atoms with Gasteiger partial charge in [-0.3, -0.25) is 0 Å². The van der Waals surface area contributed by atoms with Crippen LogP contribution in [0.4, 0.5) is 0 Å². The summed E-state index contributed by atoms with van der Waals surface area (Å²) in [5.41, 5.74) is 2.58. The Morgan fingerprint density at radius 3 is 2.82 bits per heavy atom. The second-order valence-electron chi connectivity index (χ2n) is 4.77. The van der Waals surface area contributed by atoms with Gasteiger partial charge in [0.25, 0.3) is 0 Å². The number of benzene rings is 1. The van der Waals surface area contributed by atoms with Crippen molar-refractivity contribution in [2.45, 2.75) is 25.2 Å². The fourth-order valence-corrected chi connectivity index (χ4v) is 2.83. The van der Waals surface area contributed by atoms with Gasteiger partial charge in [0.1, 0.15) is 12.4 Å². The molecule has 1 saturated carbocycles. The topological polar surface area (TPSA) is 30.8 Å². The van der Waals surface area contributed by atoms with Crippen molar-refractivity contribution in [3.05, 3.63) is 29.8 Å². The number of rotatable bonds is 2. The van der Waals surface area contributed by atoms with E-state index in [0.717, 1.165) is 12.4 Å². The van der Waals surface area contributed by atoms with Crippen LogP contribution in [0.3, 0.4) is 0 Å². The van der Waals surface area contributed by atoms with Crippen molar-refractivity contribution < 1.29 is 9.57 Å². The molecule has 1 fully saturated rings. The number of methoxy groups -OCH3 is 1. The van der Waals surface area contributed by atoms with Gasteiger partial charge in [0.05, 0.1) is 12.8 Å². The second-order valence-corrected chi connectivity index (χ2v) is 4.77. The smallest absolute Gasteiger partial charge is 0.125 e. The van der Waals surface area contributed by atoms with Crippen molar-refractivity contribution in [1.82, 2.24) is 0 Å². The van der Waals surface area contributed by atoms with Crippen LogP contribution in [0.25, 0.3) is 0 Å². The first-order valence-electron chi connectivity index (χ1n) is 6.22. The number of ether oxygens (including phenoxy) is 1. The lowest BCUT2D eigenvalue weighted by molar-refractivity contribution is 0.152. The zero-order valence-electron chi connectivity index (χ0n) is 10.1. The van der Waals surface area contributed by atoms with Gasteiger partial charge in [0, 0.05) is 11.8 Å². The van der Waals surface area contributed by atoms with Gasteiger partial charge in [0.2, 0.25) is 0 Å². The lowest BCUT2D eigenvalue weighted by Crippen LogP contribution is -2.25. The molecule has 0 unspecified atom stereocenters. The third-order valence-corrected chi connectivity index (χ3v) is 3.78. The van der Waals surface area contributed by atoms with Crippen LogP contribution in [-0.4, -0.2) is 19.4 Å². The zero-order chi connectivity index (χ0) is 11.7. The summed E-state index contributed by atoms with van der Waals surface area (Å²) in [6.45, 7) is 0.780. The molecule has 1 aliphatic carbocycles. The molecule has 3 nitrogen and oxygen atoms in total. The van der Waals surface area contributed by atoms with Crippen LogP contribution in [0.1, 0.15) is 30.7 Å². The number of oxime groups is 1. The SMILES string of the molecule is COc1ccc([C@H]2CCC[C@H]3CON=C32)cc1. The predicted molar refractivity (Wildman–Crippen MR) is 66.5 cm³/mol. The van der Waals surface area contributed by atoms with Crippen LogP contribution >= 0.6 is 0 Å². The predicted octanol–water partition coefficient (Wildman–Crippen LogP) is 2.97. The van der Waals surface area contributed by atoms with Crippen LogP contribution in [-0.2, 0) is 4.84 Å². The maximum Gasteiger partial charge on any atom is 0.125 e. The summed E-state index contributed by atoms with van der Waals surface area (Å²) >= 11 is 0. The molecule has 1 heterocycles. The lowest BCUT2D eigenvalue weighted by atomic mass is 9.77. The number of nitrogens with zero attached hydrogens (tertiary/aromatic N) is 1. The van der Waals surface area contributed by atoms with Crippen LogP contribution in [0.15, 0.2) is 29.4 Å². The summed E-state index contributed by atoms with van der Waals surface area (Å²) in [5.74, 6) is 1.91. The summed E-state index contributed by atoms with van der Waals surface area (Å²) < 4.78 is 5.19. The summed E-state index contributed by atoms with van der Waals surface area (Å²) in [6.07, 6.45) is 3.68. The van der Waals surface area contributed by atoms with Crippen molar-refractivity contribution in [2.24, 2.45) is 11.1 Å². The Morgan fingerprint density at radius 1 is 1.24 bits per heavy atom. The van der Waals surface area contributed by atoms with Crippen LogP contribution in [0.2, 0.25) is 0 Å². The highest BCUT2D eigenvalue weighted by molar-refractivity contribution is 5.94. The molecule has 17 heavy (non-hydrogen) atoms. The third-order valence-electron chi connectivity index (χ3n) is 3.78. The Bertz CT molecular complexity index is 424. The molecular formula is C14H17NO2. The van der Waals surface area contributed by atoms with E-state index in [1.165, 1.54) is 30.5 Å². The van der Waals surface area contributed by atoms with E-state index in [1.807, 2.05) is 12.1 Å². The molecule has 1 aromatic rings. The van der Waals surface area contributed by atoms with Gasteiger partial charge < -0.3 is 9.57 Å². The van der Waals surface area contributed by atoms with E-state index >= 15 is 0 Å². The van der Waals surface area contributed by atoms with E-state index < -0.39 is 0 Å². The molecule has 0 spiro atoms. The minimum absolute atomic E-state index is 0.446. The molecule has 1 aromatic carbocycles. The molecule has 0 amide bonds. The second kappa shape index (κ2) is 4.40. The molecule has 0 N–H and O–H groups in total. The van der Waals surface area contributed by atoms with Crippen molar-refractivity contribution >= 4 is 5.71 Å².